The third kappa shape index (κ3) is 1.69. The van der Waals surface area contributed by atoms with Gasteiger partial charge in [-0.15, -0.1) is 0 Å². The third-order valence-electron chi connectivity index (χ3n) is 2.52. The van der Waals surface area contributed by atoms with Gasteiger partial charge in [0.1, 0.15) is 12.4 Å². The third-order valence-corrected chi connectivity index (χ3v) is 2.52. The summed E-state index contributed by atoms with van der Waals surface area (Å²) in [6.07, 6.45) is 1.06. The average Bonchev–Trinajstić information content (AvgIpc) is 2.16. The van der Waals surface area contributed by atoms with Gasteiger partial charge in [-0.2, -0.15) is 0 Å². The molecule has 0 aromatic heterocycles. The second kappa shape index (κ2) is 3.19. The van der Waals surface area contributed by atoms with Gasteiger partial charge in [-0.05, 0) is 38.0 Å². The molecule has 0 saturated heterocycles. The lowest BCUT2D eigenvalue weighted by Crippen LogP contribution is -2.40. The number of ether oxygens (including phenoxy) is 1. The van der Waals surface area contributed by atoms with Crippen LogP contribution in [0.3, 0.4) is 0 Å². The highest BCUT2D eigenvalue weighted by atomic mass is 16.5. The molecule has 0 unspecified atom stereocenters. The minimum absolute atomic E-state index is 0.0424. The molecule has 0 atom stereocenters. The Hall–Kier alpha value is -1.18. The van der Waals surface area contributed by atoms with Crippen molar-refractivity contribution >= 4 is 5.69 Å². The number of aryl methyl sites for hydroxylation is 1. The predicted molar refractivity (Wildman–Crippen MR) is 59.0 cm³/mol. The maximum Gasteiger partial charge on any atom is 0.142 e. The summed E-state index contributed by atoms with van der Waals surface area (Å²) in [4.78, 5) is 0. The fraction of sp³-hybridized carbons (Fsp3) is 0.500. The molecular formula is C12H17NO. The first-order valence-electron chi connectivity index (χ1n) is 5.15. The monoisotopic (exact) mass is 191 g/mol. The SMILES string of the molecule is CCc1ccc2c(c1)OCC(C)(C)N2. The van der Waals surface area contributed by atoms with Gasteiger partial charge in [0.15, 0.2) is 0 Å². The Bertz CT molecular complexity index is 344. The molecule has 0 aliphatic carbocycles. The van der Waals surface area contributed by atoms with Crippen LogP contribution in [0, 0.1) is 0 Å². The van der Waals surface area contributed by atoms with Crippen molar-refractivity contribution in [2.24, 2.45) is 0 Å². The first kappa shape index (κ1) is 9.38. The van der Waals surface area contributed by atoms with Gasteiger partial charge in [0.25, 0.3) is 0 Å². The number of fused-ring (bicyclic) bond motifs is 1. The van der Waals surface area contributed by atoms with E-state index in [0.29, 0.717) is 0 Å². The lowest BCUT2D eigenvalue weighted by molar-refractivity contribution is 0.242. The van der Waals surface area contributed by atoms with E-state index in [9.17, 15) is 0 Å². The second-order valence-electron chi connectivity index (χ2n) is 4.48. The molecule has 1 aromatic carbocycles. The molecule has 0 radical (unpaired) electrons. The molecule has 1 N–H and O–H groups in total. The molecule has 2 heteroatoms. The number of hydrogen-bond acceptors (Lipinski definition) is 2. The Kier molecular flexibility index (Phi) is 2.14. The molecule has 1 heterocycles. The van der Waals surface area contributed by atoms with Gasteiger partial charge >= 0.3 is 0 Å². The van der Waals surface area contributed by atoms with Gasteiger partial charge < -0.3 is 10.1 Å². The molecule has 2 nitrogen and oxygen atoms in total. The molecule has 0 fully saturated rings. The van der Waals surface area contributed by atoms with E-state index in [4.69, 9.17) is 4.74 Å². The Morgan fingerprint density at radius 1 is 1.43 bits per heavy atom. The van der Waals surface area contributed by atoms with Crippen molar-refractivity contribution in [3.63, 3.8) is 0 Å². The van der Waals surface area contributed by atoms with E-state index in [-0.39, 0.29) is 5.54 Å². The van der Waals surface area contributed by atoms with Crippen LogP contribution in [0.4, 0.5) is 5.69 Å². The van der Waals surface area contributed by atoms with Crippen LogP contribution >= 0.6 is 0 Å². The first-order chi connectivity index (χ1) is 6.61. The molecule has 1 aliphatic heterocycles. The fourth-order valence-corrected chi connectivity index (χ4v) is 1.67. The van der Waals surface area contributed by atoms with Crippen LogP contribution < -0.4 is 10.1 Å². The van der Waals surface area contributed by atoms with Gasteiger partial charge in [0.2, 0.25) is 0 Å². The van der Waals surface area contributed by atoms with Gasteiger partial charge in [-0.3, -0.25) is 0 Å². The topological polar surface area (TPSA) is 21.3 Å². The zero-order chi connectivity index (χ0) is 10.2. The van der Waals surface area contributed by atoms with Gasteiger partial charge in [0, 0.05) is 0 Å². The van der Waals surface area contributed by atoms with Crippen LogP contribution in [0.2, 0.25) is 0 Å². The van der Waals surface area contributed by atoms with Crippen LogP contribution in [-0.2, 0) is 6.42 Å². The Morgan fingerprint density at radius 2 is 2.21 bits per heavy atom. The van der Waals surface area contributed by atoms with E-state index in [1.54, 1.807) is 0 Å². The minimum atomic E-state index is 0.0424. The minimum Gasteiger partial charge on any atom is -0.489 e. The van der Waals surface area contributed by atoms with E-state index in [2.05, 4.69) is 44.3 Å². The van der Waals surface area contributed by atoms with Crippen molar-refractivity contribution in [3.8, 4) is 5.75 Å². The summed E-state index contributed by atoms with van der Waals surface area (Å²) >= 11 is 0. The van der Waals surface area contributed by atoms with Gasteiger partial charge in [-0.1, -0.05) is 13.0 Å². The lowest BCUT2D eigenvalue weighted by Gasteiger charge is -2.33. The first-order valence-corrected chi connectivity index (χ1v) is 5.15. The normalized spacial score (nSPS) is 17.9. The molecule has 0 saturated carbocycles. The summed E-state index contributed by atoms with van der Waals surface area (Å²) in [5.74, 6) is 0.990. The van der Waals surface area contributed by atoms with E-state index in [0.717, 1.165) is 24.5 Å². The summed E-state index contributed by atoms with van der Waals surface area (Å²) in [7, 11) is 0. The molecule has 0 bridgehead atoms. The lowest BCUT2D eigenvalue weighted by atomic mass is 10.0. The summed E-state index contributed by atoms with van der Waals surface area (Å²) in [6, 6.07) is 6.38. The summed E-state index contributed by atoms with van der Waals surface area (Å²) in [5, 5.41) is 3.46. The highest BCUT2D eigenvalue weighted by Crippen LogP contribution is 2.33. The number of anilines is 1. The summed E-state index contributed by atoms with van der Waals surface area (Å²) < 4.78 is 5.72. The molecule has 0 amide bonds. The maximum absolute atomic E-state index is 5.72. The van der Waals surface area contributed by atoms with Gasteiger partial charge in [0.05, 0.1) is 11.2 Å². The van der Waals surface area contributed by atoms with Crippen molar-refractivity contribution in [3.05, 3.63) is 23.8 Å². The quantitative estimate of drug-likeness (QED) is 0.737. The van der Waals surface area contributed by atoms with Crippen molar-refractivity contribution in [2.75, 3.05) is 11.9 Å². The van der Waals surface area contributed by atoms with E-state index in [1.807, 2.05) is 0 Å². The van der Waals surface area contributed by atoms with E-state index < -0.39 is 0 Å². The second-order valence-corrected chi connectivity index (χ2v) is 4.48. The molecular weight excluding hydrogens is 174 g/mol. The Morgan fingerprint density at radius 3 is 2.93 bits per heavy atom. The summed E-state index contributed by atoms with van der Waals surface area (Å²) in [5.41, 5.74) is 2.48. The van der Waals surface area contributed by atoms with Crippen LogP contribution in [0.5, 0.6) is 5.75 Å². The average molecular weight is 191 g/mol. The van der Waals surface area contributed by atoms with E-state index >= 15 is 0 Å². The zero-order valence-electron chi connectivity index (χ0n) is 9.05. The highest BCUT2D eigenvalue weighted by Gasteiger charge is 2.25. The number of nitrogens with one attached hydrogen (secondary N) is 1. The Balaban J connectivity index is 2.32. The molecule has 14 heavy (non-hydrogen) atoms. The number of benzene rings is 1. The number of hydrogen-bond donors (Lipinski definition) is 1. The van der Waals surface area contributed by atoms with Crippen molar-refractivity contribution in [1.29, 1.82) is 0 Å². The van der Waals surface area contributed by atoms with Crippen molar-refractivity contribution in [2.45, 2.75) is 32.7 Å². The van der Waals surface area contributed by atoms with Crippen LogP contribution in [0.25, 0.3) is 0 Å². The highest BCUT2D eigenvalue weighted by molar-refractivity contribution is 5.60. The van der Waals surface area contributed by atoms with Crippen LogP contribution in [0.1, 0.15) is 26.3 Å². The summed E-state index contributed by atoms with van der Waals surface area (Å²) in [6.45, 7) is 7.17. The molecule has 2 rings (SSSR count). The van der Waals surface area contributed by atoms with Crippen molar-refractivity contribution in [1.82, 2.24) is 0 Å². The largest absolute Gasteiger partial charge is 0.489 e. The van der Waals surface area contributed by atoms with Crippen molar-refractivity contribution < 1.29 is 4.74 Å². The molecule has 0 spiro atoms. The molecule has 76 valence electrons. The van der Waals surface area contributed by atoms with E-state index in [1.165, 1.54) is 5.56 Å². The Labute approximate surface area is 85.3 Å². The van der Waals surface area contributed by atoms with Crippen LogP contribution in [0.15, 0.2) is 18.2 Å². The number of rotatable bonds is 1. The fourth-order valence-electron chi connectivity index (χ4n) is 1.67. The predicted octanol–water partition coefficient (Wildman–Crippen LogP) is 2.83. The van der Waals surface area contributed by atoms with Crippen LogP contribution in [-0.4, -0.2) is 12.1 Å². The molecule has 1 aromatic rings. The smallest absolute Gasteiger partial charge is 0.142 e. The molecule has 1 aliphatic rings. The maximum atomic E-state index is 5.72. The standard InChI is InChI=1S/C12H17NO/c1-4-9-5-6-10-11(7-9)14-8-12(2,3)13-10/h5-7,13H,4,8H2,1-3H3. The van der Waals surface area contributed by atoms with Gasteiger partial charge in [-0.25, -0.2) is 0 Å². The zero-order valence-corrected chi connectivity index (χ0v) is 9.05.